The van der Waals surface area contributed by atoms with Crippen molar-refractivity contribution in [2.24, 2.45) is 5.10 Å². The Labute approximate surface area is 151 Å². The molecule has 26 heavy (non-hydrogen) atoms. The molecular weight excluding hydrogens is 338 g/mol. The number of amides is 2. The van der Waals surface area contributed by atoms with Crippen molar-refractivity contribution < 1.29 is 24.2 Å². The number of hydrazone groups is 1. The molecule has 0 saturated carbocycles. The number of carboxylic acid groups (broad SMARTS) is 1. The molecule has 0 aliphatic carbocycles. The Hall–Kier alpha value is -2.74. The summed E-state index contributed by atoms with van der Waals surface area (Å²) in [6.45, 7) is 4.21. The standard InChI is InChI=1S/C18H21N3O5/c1-11-3-4-12(2)14(9-11)21-16(22)6-5-13(19-21)17(23)20-7-8-26-10-15(20)18(24)25/h3-4,9,15H,5-8,10H2,1-2H3,(H,24,25). The number of carbonyl (C=O) groups excluding carboxylic acids is 2. The van der Waals surface area contributed by atoms with Gasteiger partial charge < -0.3 is 14.7 Å². The first kappa shape index (κ1) is 18.1. The zero-order valence-electron chi connectivity index (χ0n) is 14.8. The highest BCUT2D eigenvalue weighted by Crippen LogP contribution is 2.26. The minimum Gasteiger partial charge on any atom is -0.480 e. The molecule has 0 bridgehead atoms. The maximum absolute atomic E-state index is 12.8. The van der Waals surface area contributed by atoms with Gasteiger partial charge in [0.2, 0.25) is 5.91 Å². The fraction of sp³-hybridized carbons (Fsp3) is 0.444. The molecule has 8 nitrogen and oxygen atoms in total. The second-order valence-corrected chi connectivity index (χ2v) is 6.47. The van der Waals surface area contributed by atoms with E-state index in [4.69, 9.17) is 4.74 Å². The number of benzene rings is 1. The predicted octanol–water partition coefficient (Wildman–Crippen LogP) is 1.10. The molecular formula is C18H21N3O5. The smallest absolute Gasteiger partial charge is 0.328 e. The Bertz CT molecular complexity index is 789. The molecule has 3 rings (SSSR count). The van der Waals surface area contributed by atoms with E-state index in [1.54, 1.807) is 0 Å². The van der Waals surface area contributed by atoms with Crippen LogP contribution in [0.4, 0.5) is 5.69 Å². The van der Waals surface area contributed by atoms with Crippen LogP contribution in [0.3, 0.4) is 0 Å². The van der Waals surface area contributed by atoms with Crippen molar-refractivity contribution in [1.29, 1.82) is 0 Å². The van der Waals surface area contributed by atoms with Crippen molar-refractivity contribution >= 4 is 29.2 Å². The van der Waals surface area contributed by atoms with Crippen molar-refractivity contribution in [3.8, 4) is 0 Å². The fourth-order valence-corrected chi connectivity index (χ4v) is 3.06. The molecule has 1 N–H and O–H groups in total. The van der Waals surface area contributed by atoms with Crippen LogP contribution in [-0.4, -0.2) is 59.3 Å². The fourth-order valence-electron chi connectivity index (χ4n) is 3.06. The van der Waals surface area contributed by atoms with E-state index in [0.717, 1.165) is 11.1 Å². The van der Waals surface area contributed by atoms with Crippen LogP contribution >= 0.6 is 0 Å². The van der Waals surface area contributed by atoms with E-state index in [0.29, 0.717) is 5.69 Å². The van der Waals surface area contributed by atoms with E-state index < -0.39 is 17.9 Å². The first-order chi connectivity index (χ1) is 12.4. The number of carbonyl (C=O) groups is 3. The van der Waals surface area contributed by atoms with E-state index in [1.165, 1.54) is 9.91 Å². The van der Waals surface area contributed by atoms with E-state index in [9.17, 15) is 19.5 Å². The van der Waals surface area contributed by atoms with Crippen molar-refractivity contribution in [2.75, 3.05) is 24.8 Å². The molecule has 2 aliphatic heterocycles. The second kappa shape index (κ2) is 7.25. The van der Waals surface area contributed by atoms with Gasteiger partial charge in [-0.1, -0.05) is 12.1 Å². The van der Waals surface area contributed by atoms with Crippen LogP contribution in [0.15, 0.2) is 23.3 Å². The van der Waals surface area contributed by atoms with Crippen molar-refractivity contribution in [3.05, 3.63) is 29.3 Å². The Morgan fingerprint density at radius 2 is 2.04 bits per heavy atom. The van der Waals surface area contributed by atoms with Gasteiger partial charge in [-0.2, -0.15) is 5.10 Å². The summed E-state index contributed by atoms with van der Waals surface area (Å²) < 4.78 is 5.17. The molecule has 0 aromatic heterocycles. The summed E-state index contributed by atoms with van der Waals surface area (Å²) in [6, 6.07) is 4.64. The minimum atomic E-state index is -1.11. The van der Waals surface area contributed by atoms with E-state index in [2.05, 4.69) is 5.10 Å². The molecule has 2 aliphatic rings. The highest BCUT2D eigenvalue weighted by Gasteiger charge is 2.36. The van der Waals surface area contributed by atoms with Gasteiger partial charge in [0.15, 0.2) is 6.04 Å². The van der Waals surface area contributed by atoms with E-state index >= 15 is 0 Å². The van der Waals surface area contributed by atoms with Crippen molar-refractivity contribution in [1.82, 2.24) is 4.90 Å². The van der Waals surface area contributed by atoms with Gasteiger partial charge in [-0.15, -0.1) is 0 Å². The lowest BCUT2D eigenvalue weighted by Crippen LogP contribution is -2.55. The molecule has 2 heterocycles. The molecule has 1 atom stereocenters. The van der Waals surface area contributed by atoms with Gasteiger partial charge in [0, 0.05) is 19.4 Å². The van der Waals surface area contributed by atoms with Gasteiger partial charge in [-0.05, 0) is 31.0 Å². The minimum absolute atomic E-state index is 0.0476. The Kier molecular flexibility index (Phi) is 5.03. The molecule has 0 radical (unpaired) electrons. The van der Waals surface area contributed by atoms with Gasteiger partial charge in [0.25, 0.3) is 5.91 Å². The molecule has 8 heteroatoms. The lowest BCUT2D eigenvalue weighted by atomic mass is 10.1. The van der Waals surface area contributed by atoms with Crippen molar-refractivity contribution in [2.45, 2.75) is 32.7 Å². The quantitative estimate of drug-likeness (QED) is 0.871. The molecule has 1 aromatic carbocycles. The monoisotopic (exact) mass is 359 g/mol. The van der Waals surface area contributed by atoms with Gasteiger partial charge in [0.05, 0.1) is 18.9 Å². The SMILES string of the molecule is Cc1ccc(C)c(N2N=C(C(=O)N3CCOCC3C(=O)O)CCC2=O)c1. The summed E-state index contributed by atoms with van der Waals surface area (Å²) in [5.41, 5.74) is 2.68. The third kappa shape index (κ3) is 3.45. The Morgan fingerprint density at radius 3 is 2.77 bits per heavy atom. The van der Waals surface area contributed by atoms with Crippen LogP contribution in [0.1, 0.15) is 24.0 Å². The van der Waals surface area contributed by atoms with Crippen LogP contribution in [0.2, 0.25) is 0 Å². The first-order valence-corrected chi connectivity index (χ1v) is 8.47. The molecule has 138 valence electrons. The third-order valence-electron chi connectivity index (χ3n) is 4.55. The molecule has 1 fully saturated rings. The predicted molar refractivity (Wildman–Crippen MR) is 94.0 cm³/mol. The summed E-state index contributed by atoms with van der Waals surface area (Å²) in [7, 11) is 0. The first-order valence-electron chi connectivity index (χ1n) is 8.47. The third-order valence-corrected chi connectivity index (χ3v) is 4.55. The van der Waals surface area contributed by atoms with Gasteiger partial charge in [0.1, 0.15) is 5.71 Å². The molecule has 1 aromatic rings. The zero-order valence-corrected chi connectivity index (χ0v) is 14.8. The van der Waals surface area contributed by atoms with Crippen LogP contribution in [0.25, 0.3) is 0 Å². The number of anilines is 1. The molecule has 2 amide bonds. The summed E-state index contributed by atoms with van der Waals surface area (Å²) in [5.74, 6) is -1.76. The number of hydrogen-bond donors (Lipinski definition) is 1. The van der Waals surface area contributed by atoms with E-state index in [-0.39, 0.29) is 44.2 Å². The number of rotatable bonds is 3. The maximum atomic E-state index is 12.8. The number of hydrogen-bond acceptors (Lipinski definition) is 5. The largest absolute Gasteiger partial charge is 0.480 e. The molecule has 0 spiro atoms. The number of ether oxygens (including phenoxy) is 1. The van der Waals surface area contributed by atoms with Gasteiger partial charge in [-0.3, -0.25) is 9.59 Å². The lowest BCUT2D eigenvalue weighted by Gasteiger charge is -2.34. The van der Waals surface area contributed by atoms with Crippen LogP contribution in [0.5, 0.6) is 0 Å². The molecule has 1 unspecified atom stereocenters. The van der Waals surface area contributed by atoms with Gasteiger partial charge in [-0.25, -0.2) is 9.80 Å². The number of nitrogens with zero attached hydrogens (tertiary/aromatic N) is 3. The average Bonchev–Trinajstić information content (AvgIpc) is 2.63. The highest BCUT2D eigenvalue weighted by molar-refractivity contribution is 6.40. The second-order valence-electron chi connectivity index (χ2n) is 6.47. The van der Waals surface area contributed by atoms with Crippen LogP contribution < -0.4 is 5.01 Å². The Morgan fingerprint density at radius 1 is 1.27 bits per heavy atom. The highest BCUT2D eigenvalue weighted by atomic mass is 16.5. The Balaban J connectivity index is 1.92. The maximum Gasteiger partial charge on any atom is 0.328 e. The number of aryl methyl sites for hydroxylation is 2. The number of aliphatic carboxylic acids is 1. The van der Waals surface area contributed by atoms with Crippen molar-refractivity contribution in [3.63, 3.8) is 0 Å². The number of morpholine rings is 1. The summed E-state index contributed by atoms with van der Waals surface area (Å²) in [6.07, 6.45) is 0.350. The molecule has 1 saturated heterocycles. The average molecular weight is 359 g/mol. The van der Waals surface area contributed by atoms with Gasteiger partial charge >= 0.3 is 5.97 Å². The number of carboxylic acids is 1. The topological polar surface area (TPSA) is 99.5 Å². The summed E-state index contributed by atoms with van der Waals surface area (Å²) in [5, 5.41) is 14.9. The van der Waals surface area contributed by atoms with Crippen LogP contribution in [0, 0.1) is 13.8 Å². The zero-order chi connectivity index (χ0) is 18.8. The summed E-state index contributed by atoms with van der Waals surface area (Å²) in [4.78, 5) is 37.9. The summed E-state index contributed by atoms with van der Waals surface area (Å²) >= 11 is 0. The van der Waals surface area contributed by atoms with Crippen LogP contribution in [-0.2, 0) is 19.1 Å². The normalized spacial score (nSPS) is 20.8. The lowest BCUT2D eigenvalue weighted by molar-refractivity contribution is -0.155. The van der Waals surface area contributed by atoms with E-state index in [1.807, 2.05) is 32.0 Å².